The molecule has 0 unspecified atom stereocenters. The van der Waals surface area contributed by atoms with E-state index in [1.54, 1.807) is 17.4 Å². The lowest BCUT2D eigenvalue weighted by Crippen LogP contribution is -1.97. The number of anilines is 1. The van der Waals surface area contributed by atoms with Crippen molar-refractivity contribution >= 4 is 17.0 Å². The van der Waals surface area contributed by atoms with Crippen molar-refractivity contribution in [2.45, 2.75) is 26.8 Å². The number of aryl methyl sites for hydroxylation is 2. The molecule has 0 fully saturated rings. The Morgan fingerprint density at radius 3 is 2.88 bits per heavy atom. The molecule has 90 valence electrons. The number of hydrogen-bond donors (Lipinski definition) is 2. The number of aromatic nitrogens is 1. The maximum Gasteiger partial charge on any atom is 0.118 e. The fourth-order valence-electron chi connectivity index (χ4n) is 1.55. The summed E-state index contributed by atoms with van der Waals surface area (Å²) in [6.45, 7) is 4.78. The molecule has 0 radical (unpaired) electrons. The van der Waals surface area contributed by atoms with Gasteiger partial charge in [0.1, 0.15) is 5.75 Å². The highest BCUT2D eigenvalue weighted by Crippen LogP contribution is 2.21. The Bertz CT molecular complexity index is 508. The van der Waals surface area contributed by atoms with E-state index in [0.717, 1.165) is 24.2 Å². The maximum absolute atomic E-state index is 9.43. The highest BCUT2D eigenvalue weighted by molar-refractivity contribution is 7.11. The van der Waals surface area contributed by atoms with Gasteiger partial charge in [0.05, 0.1) is 11.6 Å². The first kappa shape index (κ1) is 11.9. The number of aromatic hydroxyl groups is 1. The van der Waals surface area contributed by atoms with Gasteiger partial charge in [-0.1, -0.05) is 6.92 Å². The van der Waals surface area contributed by atoms with E-state index in [1.807, 2.05) is 25.3 Å². The molecule has 0 amide bonds. The molecule has 0 aliphatic carbocycles. The topological polar surface area (TPSA) is 45.2 Å². The lowest BCUT2D eigenvalue weighted by Gasteiger charge is -2.06. The number of rotatable bonds is 4. The Labute approximate surface area is 105 Å². The lowest BCUT2D eigenvalue weighted by atomic mass is 10.2. The van der Waals surface area contributed by atoms with E-state index >= 15 is 0 Å². The van der Waals surface area contributed by atoms with Crippen molar-refractivity contribution in [1.82, 2.24) is 4.98 Å². The summed E-state index contributed by atoms with van der Waals surface area (Å²) in [4.78, 5) is 5.55. The van der Waals surface area contributed by atoms with E-state index in [1.165, 1.54) is 9.88 Å². The zero-order valence-electron chi connectivity index (χ0n) is 10.0. The molecular weight excluding hydrogens is 232 g/mol. The Kier molecular flexibility index (Phi) is 3.64. The van der Waals surface area contributed by atoms with Crippen LogP contribution in [0.5, 0.6) is 5.75 Å². The summed E-state index contributed by atoms with van der Waals surface area (Å²) in [5.41, 5.74) is 1.90. The number of nitrogens with one attached hydrogen (secondary N) is 1. The quantitative estimate of drug-likeness (QED) is 0.816. The first-order chi connectivity index (χ1) is 8.19. The molecule has 1 heterocycles. The second-order valence-electron chi connectivity index (χ2n) is 3.93. The van der Waals surface area contributed by atoms with Crippen molar-refractivity contribution < 1.29 is 5.11 Å². The van der Waals surface area contributed by atoms with Gasteiger partial charge in [-0.3, -0.25) is 0 Å². The number of phenolic OH excluding ortho intramolecular Hbond substituents is 1. The van der Waals surface area contributed by atoms with Gasteiger partial charge in [0.25, 0.3) is 0 Å². The van der Waals surface area contributed by atoms with Crippen LogP contribution < -0.4 is 5.32 Å². The Hall–Kier alpha value is -1.55. The SMILES string of the molecule is CCc1ncc(CNc2ccc(O)c(C)c2)s1. The normalized spacial score (nSPS) is 10.5. The summed E-state index contributed by atoms with van der Waals surface area (Å²) in [5, 5.41) is 13.9. The van der Waals surface area contributed by atoms with Gasteiger partial charge >= 0.3 is 0 Å². The van der Waals surface area contributed by atoms with Gasteiger partial charge in [-0.25, -0.2) is 4.98 Å². The molecular formula is C13H16N2OS. The second-order valence-corrected chi connectivity index (χ2v) is 5.13. The molecule has 0 saturated carbocycles. The minimum atomic E-state index is 0.335. The molecule has 0 bridgehead atoms. The van der Waals surface area contributed by atoms with Crippen LogP contribution in [0.3, 0.4) is 0 Å². The first-order valence-electron chi connectivity index (χ1n) is 5.66. The summed E-state index contributed by atoms with van der Waals surface area (Å²) in [6, 6.07) is 5.53. The fourth-order valence-corrected chi connectivity index (χ4v) is 2.35. The Morgan fingerprint density at radius 2 is 2.24 bits per heavy atom. The summed E-state index contributed by atoms with van der Waals surface area (Å²) < 4.78 is 0. The van der Waals surface area contributed by atoms with Crippen LogP contribution in [-0.4, -0.2) is 10.1 Å². The van der Waals surface area contributed by atoms with Gasteiger partial charge in [0, 0.05) is 16.8 Å². The number of hydrogen-bond acceptors (Lipinski definition) is 4. The minimum Gasteiger partial charge on any atom is -0.508 e. The number of nitrogens with zero attached hydrogens (tertiary/aromatic N) is 1. The van der Waals surface area contributed by atoms with Crippen LogP contribution >= 0.6 is 11.3 Å². The van der Waals surface area contributed by atoms with E-state index in [-0.39, 0.29) is 0 Å². The third-order valence-electron chi connectivity index (χ3n) is 2.57. The molecule has 17 heavy (non-hydrogen) atoms. The van der Waals surface area contributed by atoms with Crippen molar-refractivity contribution in [1.29, 1.82) is 0 Å². The second kappa shape index (κ2) is 5.19. The molecule has 3 nitrogen and oxygen atoms in total. The molecule has 1 aromatic carbocycles. The third-order valence-corrected chi connectivity index (χ3v) is 3.71. The Balaban J connectivity index is 1.99. The fraction of sp³-hybridized carbons (Fsp3) is 0.308. The molecule has 0 aliphatic rings. The van der Waals surface area contributed by atoms with Crippen molar-refractivity contribution in [2.75, 3.05) is 5.32 Å². The van der Waals surface area contributed by atoms with Gasteiger partial charge in [-0.15, -0.1) is 11.3 Å². The van der Waals surface area contributed by atoms with Gasteiger partial charge in [0.15, 0.2) is 0 Å². The summed E-state index contributed by atoms with van der Waals surface area (Å²) in [5.74, 6) is 0.335. The Morgan fingerprint density at radius 1 is 1.41 bits per heavy atom. The average molecular weight is 248 g/mol. The van der Waals surface area contributed by atoms with Crippen LogP contribution in [0.2, 0.25) is 0 Å². The molecule has 4 heteroatoms. The maximum atomic E-state index is 9.43. The van der Waals surface area contributed by atoms with Crippen LogP contribution in [0.15, 0.2) is 24.4 Å². The van der Waals surface area contributed by atoms with Crippen molar-refractivity contribution in [3.05, 3.63) is 39.8 Å². The van der Waals surface area contributed by atoms with Crippen LogP contribution in [0.25, 0.3) is 0 Å². The van der Waals surface area contributed by atoms with E-state index in [2.05, 4.69) is 17.2 Å². The van der Waals surface area contributed by atoms with Crippen molar-refractivity contribution in [2.24, 2.45) is 0 Å². The summed E-state index contributed by atoms with van der Waals surface area (Å²) >= 11 is 1.74. The molecule has 1 aromatic heterocycles. The number of benzene rings is 1. The predicted octanol–water partition coefficient (Wildman–Crippen LogP) is 3.33. The van der Waals surface area contributed by atoms with Gasteiger partial charge in [-0.05, 0) is 37.1 Å². The number of thiazole rings is 1. The van der Waals surface area contributed by atoms with Crippen LogP contribution in [0.4, 0.5) is 5.69 Å². The predicted molar refractivity (Wildman–Crippen MR) is 71.7 cm³/mol. The highest BCUT2D eigenvalue weighted by Gasteiger charge is 2.01. The monoisotopic (exact) mass is 248 g/mol. The third kappa shape index (κ3) is 2.97. The van der Waals surface area contributed by atoms with E-state index < -0.39 is 0 Å². The van der Waals surface area contributed by atoms with Gasteiger partial charge in [-0.2, -0.15) is 0 Å². The van der Waals surface area contributed by atoms with Crippen LogP contribution in [-0.2, 0) is 13.0 Å². The van der Waals surface area contributed by atoms with E-state index in [9.17, 15) is 5.11 Å². The lowest BCUT2D eigenvalue weighted by molar-refractivity contribution is 0.471. The molecule has 0 atom stereocenters. The number of phenols is 1. The van der Waals surface area contributed by atoms with E-state index in [4.69, 9.17) is 0 Å². The highest BCUT2D eigenvalue weighted by atomic mass is 32.1. The van der Waals surface area contributed by atoms with Crippen molar-refractivity contribution in [3.8, 4) is 5.75 Å². The first-order valence-corrected chi connectivity index (χ1v) is 6.47. The largest absolute Gasteiger partial charge is 0.508 e. The summed E-state index contributed by atoms with van der Waals surface area (Å²) in [6.07, 6.45) is 2.91. The van der Waals surface area contributed by atoms with Gasteiger partial charge in [0.2, 0.25) is 0 Å². The standard InChI is InChI=1S/C13H16N2OS/c1-3-13-15-8-11(17-13)7-14-10-4-5-12(16)9(2)6-10/h4-6,8,14,16H,3,7H2,1-2H3. The molecule has 0 aliphatic heterocycles. The van der Waals surface area contributed by atoms with E-state index in [0.29, 0.717) is 5.75 Å². The smallest absolute Gasteiger partial charge is 0.118 e. The zero-order valence-corrected chi connectivity index (χ0v) is 10.8. The molecule has 2 aromatic rings. The minimum absolute atomic E-state index is 0.335. The molecule has 0 spiro atoms. The van der Waals surface area contributed by atoms with Crippen LogP contribution in [0.1, 0.15) is 22.4 Å². The molecule has 0 saturated heterocycles. The molecule has 2 rings (SSSR count). The van der Waals surface area contributed by atoms with Crippen molar-refractivity contribution in [3.63, 3.8) is 0 Å². The molecule has 2 N–H and O–H groups in total. The van der Waals surface area contributed by atoms with Crippen LogP contribution in [0, 0.1) is 6.92 Å². The van der Waals surface area contributed by atoms with Gasteiger partial charge < -0.3 is 10.4 Å². The summed E-state index contributed by atoms with van der Waals surface area (Å²) in [7, 11) is 0. The average Bonchev–Trinajstić information content (AvgIpc) is 2.79. The zero-order chi connectivity index (χ0) is 12.3.